The van der Waals surface area contributed by atoms with Gasteiger partial charge in [-0.3, -0.25) is 9.78 Å². The minimum atomic E-state index is -0.0125. The fraction of sp³-hybridized carbons (Fsp3) is 0.500. The van der Waals surface area contributed by atoms with Crippen molar-refractivity contribution in [3.63, 3.8) is 0 Å². The second-order valence-electron chi connectivity index (χ2n) is 8.14. The Kier molecular flexibility index (Phi) is 5.28. The number of fused-ring (bicyclic) bond motifs is 1. The van der Waals surface area contributed by atoms with Crippen molar-refractivity contribution in [3.8, 4) is 11.5 Å². The SMILES string of the molecule is CN(CC(=O)CC(C)(C)C)c1nc(-c2cc(Cl)ccn2)nc2c1CCC2. The van der Waals surface area contributed by atoms with Crippen LogP contribution in [0.25, 0.3) is 11.5 Å². The van der Waals surface area contributed by atoms with E-state index in [-0.39, 0.29) is 11.2 Å². The van der Waals surface area contributed by atoms with Gasteiger partial charge in [0.2, 0.25) is 0 Å². The number of carbonyl (C=O) groups is 1. The molecule has 2 aromatic rings. The van der Waals surface area contributed by atoms with Gasteiger partial charge >= 0.3 is 0 Å². The quantitative estimate of drug-likeness (QED) is 0.790. The molecule has 1 aliphatic carbocycles. The van der Waals surface area contributed by atoms with Crippen LogP contribution in [0, 0.1) is 5.41 Å². The minimum absolute atomic E-state index is 0.0125. The number of pyridine rings is 1. The zero-order valence-corrected chi connectivity index (χ0v) is 16.6. The number of aromatic nitrogens is 3. The summed E-state index contributed by atoms with van der Waals surface area (Å²) in [6.07, 6.45) is 5.15. The Balaban J connectivity index is 1.92. The molecule has 0 fully saturated rings. The maximum absolute atomic E-state index is 12.4. The lowest BCUT2D eigenvalue weighted by atomic mass is 9.90. The summed E-state index contributed by atoms with van der Waals surface area (Å²) in [6, 6.07) is 3.50. The number of ketones is 1. The lowest BCUT2D eigenvalue weighted by Gasteiger charge is -2.23. The van der Waals surface area contributed by atoms with Crippen LogP contribution in [0.3, 0.4) is 0 Å². The highest BCUT2D eigenvalue weighted by Crippen LogP contribution is 2.31. The van der Waals surface area contributed by atoms with Crippen LogP contribution in [0.1, 0.15) is 44.9 Å². The Morgan fingerprint density at radius 1 is 1.27 bits per heavy atom. The van der Waals surface area contributed by atoms with E-state index in [1.807, 2.05) is 11.9 Å². The number of rotatable bonds is 5. The van der Waals surface area contributed by atoms with Crippen LogP contribution < -0.4 is 4.90 Å². The molecule has 0 N–H and O–H groups in total. The third-order valence-electron chi connectivity index (χ3n) is 4.36. The first-order valence-corrected chi connectivity index (χ1v) is 9.35. The maximum Gasteiger partial charge on any atom is 0.180 e. The fourth-order valence-corrected chi connectivity index (χ4v) is 3.52. The zero-order valence-electron chi connectivity index (χ0n) is 15.8. The third-order valence-corrected chi connectivity index (χ3v) is 4.60. The Bertz CT molecular complexity index is 829. The van der Waals surface area contributed by atoms with Gasteiger partial charge in [0.15, 0.2) is 11.6 Å². The first-order valence-electron chi connectivity index (χ1n) is 8.97. The number of hydrogen-bond acceptors (Lipinski definition) is 5. The summed E-state index contributed by atoms with van der Waals surface area (Å²) in [5.41, 5.74) is 2.85. The van der Waals surface area contributed by atoms with E-state index < -0.39 is 0 Å². The first-order chi connectivity index (χ1) is 12.2. The number of nitrogens with zero attached hydrogens (tertiary/aromatic N) is 4. The number of likely N-dealkylation sites (N-methyl/N-ethyl adjacent to an activating group) is 1. The van der Waals surface area contributed by atoms with E-state index in [1.165, 1.54) is 0 Å². The predicted molar refractivity (Wildman–Crippen MR) is 105 cm³/mol. The first kappa shape index (κ1) is 18.8. The molecule has 26 heavy (non-hydrogen) atoms. The van der Waals surface area contributed by atoms with Gasteiger partial charge in [-0.2, -0.15) is 0 Å². The van der Waals surface area contributed by atoms with Crippen molar-refractivity contribution in [2.75, 3.05) is 18.5 Å². The van der Waals surface area contributed by atoms with Crippen molar-refractivity contribution in [1.29, 1.82) is 0 Å². The molecule has 2 aromatic heterocycles. The smallest absolute Gasteiger partial charge is 0.180 e. The van der Waals surface area contributed by atoms with Gasteiger partial charge in [-0.15, -0.1) is 0 Å². The van der Waals surface area contributed by atoms with Crippen LogP contribution in [0.15, 0.2) is 18.3 Å². The summed E-state index contributed by atoms with van der Waals surface area (Å²) in [5, 5.41) is 0.606. The molecule has 0 spiro atoms. The largest absolute Gasteiger partial charge is 0.352 e. The molecule has 138 valence electrons. The highest BCUT2D eigenvalue weighted by atomic mass is 35.5. The Hall–Kier alpha value is -2.01. The molecule has 0 bridgehead atoms. The van der Waals surface area contributed by atoms with Gasteiger partial charge in [0.25, 0.3) is 0 Å². The summed E-state index contributed by atoms with van der Waals surface area (Å²) in [7, 11) is 1.93. The Labute approximate surface area is 159 Å². The summed E-state index contributed by atoms with van der Waals surface area (Å²) in [6.45, 7) is 6.59. The van der Waals surface area contributed by atoms with Crippen LogP contribution in [0.4, 0.5) is 5.82 Å². The minimum Gasteiger partial charge on any atom is -0.352 e. The molecule has 0 radical (unpaired) electrons. The summed E-state index contributed by atoms with van der Waals surface area (Å²) in [5.74, 6) is 1.62. The molecule has 0 amide bonds. The van der Waals surface area contributed by atoms with Gasteiger partial charge in [-0.25, -0.2) is 9.97 Å². The van der Waals surface area contributed by atoms with E-state index in [0.717, 1.165) is 36.3 Å². The molecular formula is C20H25ClN4O. The van der Waals surface area contributed by atoms with E-state index in [2.05, 4.69) is 25.8 Å². The van der Waals surface area contributed by atoms with Gasteiger partial charge in [0, 0.05) is 35.9 Å². The highest BCUT2D eigenvalue weighted by molar-refractivity contribution is 6.30. The molecule has 0 saturated carbocycles. The van der Waals surface area contributed by atoms with Gasteiger partial charge in [0.1, 0.15) is 11.5 Å². The number of aryl methyl sites for hydroxylation is 1. The van der Waals surface area contributed by atoms with Crippen LogP contribution in [0.2, 0.25) is 5.02 Å². The Morgan fingerprint density at radius 2 is 2.04 bits per heavy atom. The van der Waals surface area contributed by atoms with Crippen molar-refractivity contribution < 1.29 is 4.79 Å². The summed E-state index contributed by atoms with van der Waals surface area (Å²) >= 11 is 6.09. The van der Waals surface area contributed by atoms with Crippen LogP contribution in [-0.4, -0.2) is 34.3 Å². The molecule has 5 nitrogen and oxygen atoms in total. The standard InChI is InChI=1S/C20H25ClN4O/c1-20(2,3)11-14(26)12-25(4)19-15-6-5-7-16(15)23-18(24-19)17-10-13(21)8-9-22-17/h8-10H,5-7,11-12H2,1-4H3. The molecule has 1 aliphatic rings. The number of hydrogen-bond donors (Lipinski definition) is 0. The molecule has 0 atom stereocenters. The monoisotopic (exact) mass is 372 g/mol. The molecule has 0 aromatic carbocycles. The number of carbonyl (C=O) groups excluding carboxylic acids is 1. The molecule has 2 heterocycles. The molecule has 0 unspecified atom stereocenters. The average Bonchev–Trinajstić information content (AvgIpc) is 3.00. The number of anilines is 1. The van der Waals surface area contributed by atoms with Gasteiger partial charge in [-0.05, 0) is 36.8 Å². The van der Waals surface area contributed by atoms with Crippen molar-refractivity contribution in [2.24, 2.45) is 5.41 Å². The van der Waals surface area contributed by atoms with E-state index >= 15 is 0 Å². The van der Waals surface area contributed by atoms with Crippen molar-refractivity contribution in [3.05, 3.63) is 34.6 Å². The summed E-state index contributed by atoms with van der Waals surface area (Å²) in [4.78, 5) is 28.2. The molecule has 6 heteroatoms. The van der Waals surface area contributed by atoms with Crippen molar-refractivity contribution >= 4 is 23.2 Å². The van der Waals surface area contributed by atoms with E-state index in [4.69, 9.17) is 21.6 Å². The van der Waals surface area contributed by atoms with Gasteiger partial charge in [-0.1, -0.05) is 32.4 Å². The highest BCUT2D eigenvalue weighted by Gasteiger charge is 2.24. The molecular weight excluding hydrogens is 348 g/mol. The van der Waals surface area contributed by atoms with Gasteiger partial charge < -0.3 is 4.90 Å². The second kappa shape index (κ2) is 7.31. The van der Waals surface area contributed by atoms with E-state index in [9.17, 15) is 4.79 Å². The predicted octanol–water partition coefficient (Wildman–Crippen LogP) is 4.12. The van der Waals surface area contributed by atoms with E-state index in [1.54, 1.807) is 18.3 Å². The van der Waals surface area contributed by atoms with E-state index in [0.29, 0.717) is 29.5 Å². The van der Waals surface area contributed by atoms with Crippen LogP contribution in [0.5, 0.6) is 0 Å². The van der Waals surface area contributed by atoms with Crippen molar-refractivity contribution in [2.45, 2.75) is 46.5 Å². The summed E-state index contributed by atoms with van der Waals surface area (Å²) < 4.78 is 0. The maximum atomic E-state index is 12.4. The lowest BCUT2D eigenvalue weighted by molar-refractivity contribution is -0.119. The van der Waals surface area contributed by atoms with Gasteiger partial charge in [0.05, 0.1) is 6.54 Å². The molecule has 0 aliphatic heterocycles. The normalized spacial score (nSPS) is 13.6. The lowest BCUT2D eigenvalue weighted by Crippen LogP contribution is -2.30. The fourth-order valence-electron chi connectivity index (χ4n) is 3.36. The third kappa shape index (κ3) is 4.39. The Morgan fingerprint density at radius 3 is 2.73 bits per heavy atom. The second-order valence-corrected chi connectivity index (χ2v) is 8.58. The van der Waals surface area contributed by atoms with Crippen LogP contribution >= 0.6 is 11.6 Å². The average molecular weight is 373 g/mol. The number of halogens is 1. The van der Waals surface area contributed by atoms with Crippen LogP contribution in [-0.2, 0) is 17.6 Å². The molecule has 0 saturated heterocycles. The topological polar surface area (TPSA) is 59.0 Å². The zero-order chi connectivity index (χ0) is 18.9. The van der Waals surface area contributed by atoms with Crippen molar-refractivity contribution in [1.82, 2.24) is 15.0 Å². The number of Topliss-reactive ketones (excluding diaryl/α,β-unsaturated/α-hetero) is 1. The molecule has 3 rings (SSSR count).